The van der Waals surface area contributed by atoms with Crippen LogP contribution < -0.4 is 0 Å². The summed E-state index contributed by atoms with van der Waals surface area (Å²) in [6, 6.07) is 0. The van der Waals surface area contributed by atoms with Crippen LogP contribution in [-0.2, 0) is 4.74 Å². The summed E-state index contributed by atoms with van der Waals surface area (Å²) in [7, 11) is 1.93. The smallest absolute Gasteiger partial charge is 0.0772 e. The Hall–Kier alpha value is -0.300. The lowest BCUT2D eigenvalue weighted by Gasteiger charge is -2.53. The third kappa shape index (κ3) is 2.07. The number of rotatable bonds is 2. The Morgan fingerprint density at radius 2 is 2.06 bits per heavy atom. The molecule has 2 rings (SSSR count). The highest BCUT2D eigenvalue weighted by atomic mass is 16.5. The Morgan fingerprint density at radius 1 is 1.35 bits per heavy atom. The Morgan fingerprint density at radius 3 is 2.65 bits per heavy atom. The summed E-state index contributed by atoms with van der Waals surface area (Å²) in [4.78, 5) is 0. The summed E-state index contributed by atoms with van der Waals surface area (Å²) in [6.45, 7) is 9.43. The van der Waals surface area contributed by atoms with E-state index in [-0.39, 0.29) is 5.60 Å². The van der Waals surface area contributed by atoms with Gasteiger partial charge in [-0.05, 0) is 50.4 Å². The van der Waals surface area contributed by atoms with E-state index in [1.165, 1.54) is 25.7 Å². The lowest BCUT2D eigenvalue weighted by atomic mass is 9.57. The topological polar surface area (TPSA) is 9.23 Å². The molecule has 2 aliphatic rings. The summed E-state index contributed by atoms with van der Waals surface area (Å²) in [5.41, 5.74) is 1.70. The average Bonchev–Trinajstić information content (AvgIpc) is 2.29. The molecule has 0 amide bonds. The van der Waals surface area contributed by atoms with Gasteiger partial charge in [0.15, 0.2) is 0 Å². The maximum Gasteiger partial charge on any atom is 0.0772 e. The van der Waals surface area contributed by atoms with Crippen molar-refractivity contribution in [1.82, 2.24) is 0 Å². The predicted molar refractivity (Wildman–Crippen MR) is 72.9 cm³/mol. The van der Waals surface area contributed by atoms with Crippen LogP contribution in [0.25, 0.3) is 0 Å². The second kappa shape index (κ2) is 4.76. The summed E-state index contributed by atoms with van der Waals surface area (Å²) in [5, 5.41) is 0. The molecule has 0 unspecified atom stereocenters. The van der Waals surface area contributed by atoms with Crippen molar-refractivity contribution >= 4 is 0 Å². The monoisotopic (exact) mass is 236 g/mol. The van der Waals surface area contributed by atoms with Gasteiger partial charge in [0.25, 0.3) is 0 Å². The number of allylic oxidation sites excluding steroid dienone is 1. The summed E-state index contributed by atoms with van der Waals surface area (Å²) in [5.74, 6) is 2.92. The van der Waals surface area contributed by atoms with E-state index in [1.54, 1.807) is 5.57 Å². The SMILES string of the molecule is CO[C@@]12CCC(C)=C[C@H]1[C@H](C(C)C)CC[C@H]2C. The fourth-order valence-corrected chi connectivity index (χ4v) is 4.20. The molecule has 1 saturated carbocycles. The fourth-order valence-electron chi connectivity index (χ4n) is 4.20. The van der Waals surface area contributed by atoms with Crippen LogP contribution in [0.4, 0.5) is 0 Å². The van der Waals surface area contributed by atoms with Gasteiger partial charge in [0.2, 0.25) is 0 Å². The molecule has 0 aliphatic heterocycles. The maximum atomic E-state index is 6.08. The van der Waals surface area contributed by atoms with Gasteiger partial charge >= 0.3 is 0 Å². The van der Waals surface area contributed by atoms with E-state index >= 15 is 0 Å². The third-order valence-electron chi connectivity index (χ3n) is 5.40. The Labute approximate surface area is 107 Å². The zero-order chi connectivity index (χ0) is 12.6. The minimum absolute atomic E-state index is 0.132. The molecule has 1 nitrogen and oxygen atoms in total. The average molecular weight is 236 g/mol. The molecule has 0 aromatic carbocycles. The first kappa shape index (κ1) is 13.1. The Balaban J connectivity index is 2.37. The lowest BCUT2D eigenvalue weighted by molar-refractivity contribution is -0.137. The van der Waals surface area contributed by atoms with Crippen molar-refractivity contribution in [2.45, 2.75) is 59.0 Å². The van der Waals surface area contributed by atoms with Crippen LogP contribution in [0.5, 0.6) is 0 Å². The minimum Gasteiger partial charge on any atom is -0.377 e. The van der Waals surface area contributed by atoms with E-state index < -0.39 is 0 Å². The van der Waals surface area contributed by atoms with Crippen LogP contribution in [0.15, 0.2) is 11.6 Å². The van der Waals surface area contributed by atoms with E-state index in [0.29, 0.717) is 11.8 Å². The molecule has 0 spiro atoms. The summed E-state index contributed by atoms with van der Waals surface area (Å²) in [6.07, 6.45) is 7.69. The number of ether oxygens (including phenoxy) is 1. The molecule has 4 atom stereocenters. The van der Waals surface area contributed by atoms with Crippen LogP contribution in [0, 0.1) is 23.7 Å². The first-order valence-electron chi connectivity index (χ1n) is 7.23. The molecule has 98 valence electrons. The van der Waals surface area contributed by atoms with Gasteiger partial charge in [0.1, 0.15) is 0 Å². The first-order valence-corrected chi connectivity index (χ1v) is 7.23. The molecule has 0 saturated heterocycles. The van der Waals surface area contributed by atoms with E-state index in [1.807, 2.05) is 7.11 Å². The van der Waals surface area contributed by atoms with Gasteiger partial charge < -0.3 is 4.74 Å². The molecule has 0 bridgehead atoms. The molecule has 0 radical (unpaired) electrons. The van der Waals surface area contributed by atoms with Crippen molar-refractivity contribution < 1.29 is 4.74 Å². The number of fused-ring (bicyclic) bond motifs is 1. The predicted octanol–water partition coefficient (Wildman–Crippen LogP) is 4.43. The third-order valence-corrected chi connectivity index (χ3v) is 5.40. The van der Waals surface area contributed by atoms with Crippen molar-refractivity contribution in [3.8, 4) is 0 Å². The largest absolute Gasteiger partial charge is 0.377 e. The van der Waals surface area contributed by atoms with Crippen LogP contribution in [0.3, 0.4) is 0 Å². The fraction of sp³-hybridized carbons (Fsp3) is 0.875. The molecule has 1 fully saturated rings. The molecule has 17 heavy (non-hydrogen) atoms. The van der Waals surface area contributed by atoms with Gasteiger partial charge in [-0.2, -0.15) is 0 Å². The van der Waals surface area contributed by atoms with Gasteiger partial charge in [-0.25, -0.2) is 0 Å². The molecular weight excluding hydrogens is 208 g/mol. The molecule has 0 N–H and O–H groups in total. The van der Waals surface area contributed by atoms with Crippen LogP contribution in [-0.4, -0.2) is 12.7 Å². The Bertz CT molecular complexity index is 305. The second-order valence-electron chi connectivity index (χ2n) is 6.58. The van der Waals surface area contributed by atoms with Gasteiger partial charge in [0.05, 0.1) is 5.60 Å². The summed E-state index contributed by atoms with van der Waals surface area (Å²) >= 11 is 0. The molecule has 0 aromatic heterocycles. The quantitative estimate of drug-likeness (QED) is 0.644. The first-order chi connectivity index (χ1) is 8.01. The zero-order valence-corrected chi connectivity index (χ0v) is 12.1. The van der Waals surface area contributed by atoms with Gasteiger partial charge in [-0.15, -0.1) is 0 Å². The van der Waals surface area contributed by atoms with Crippen LogP contribution >= 0.6 is 0 Å². The van der Waals surface area contributed by atoms with Gasteiger partial charge in [0, 0.05) is 13.0 Å². The zero-order valence-electron chi connectivity index (χ0n) is 12.1. The highest BCUT2D eigenvalue weighted by Gasteiger charge is 2.50. The normalized spacial score (nSPS) is 42.2. The highest BCUT2D eigenvalue weighted by molar-refractivity contribution is 5.17. The minimum atomic E-state index is 0.132. The van der Waals surface area contributed by atoms with Crippen molar-refractivity contribution in [3.05, 3.63) is 11.6 Å². The van der Waals surface area contributed by atoms with Crippen molar-refractivity contribution in [1.29, 1.82) is 0 Å². The number of hydrogen-bond donors (Lipinski definition) is 0. The van der Waals surface area contributed by atoms with Crippen LogP contribution in [0.1, 0.15) is 53.4 Å². The van der Waals surface area contributed by atoms with E-state index in [2.05, 4.69) is 33.8 Å². The molecule has 0 heterocycles. The highest BCUT2D eigenvalue weighted by Crippen LogP contribution is 2.52. The maximum absolute atomic E-state index is 6.08. The van der Waals surface area contributed by atoms with Crippen molar-refractivity contribution in [2.75, 3.05) is 7.11 Å². The molecule has 1 heteroatoms. The van der Waals surface area contributed by atoms with E-state index in [4.69, 9.17) is 4.74 Å². The number of hydrogen-bond acceptors (Lipinski definition) is 1. The lowest BCUT2D eigenvalue weighted by Crippen LogP contribution is -2.53. The standard InChI is InChI=1S/C16H28O/c1-11(2)14-7-6-13(4)16(17-5)9-8-12(3)10-15(14)16/h10-11,13-15H,6-9H2,1-5H3/t13-,14+,15+,16-/m1/s1. The van der Waals surface area contributed by atoms with Crippen LogP contribution in [0.2, 0.25) is 0 Å². The van der Waals surface area contributed by atoms with Gasteiger partial charge in [-0.3, -0.25) is 0 Å². The number of methoxy groups -OCH3 is 1. The second-order valence-corrected chi connectivity index (χ2v) is 6.58. The van der Waals surface area contributed by atoms with Crippen molar-refractivity contribution in [2.24, 2.45) is 23.7 Å². The van der Waals surface area contributed by atoms with E-state index in [9.17, 15) is 0 Å². The molecular formula is C16H28O. The Kier molecular flexibility index (Phi) is 3.68. The van der Waals surface area contributed by atoms with E-state index in [0.717, 1.165) is 11.8 Å². The van der Waals surface area contributed by atoms with Gasteiger partial charge in [-0.1, -0.05) is 32.4 Å². The molecule has 2 aliphatic carbocycles. The summed E-state index contributed by atoms with van der Waals surface area (Å²) < 4.78 is 6.08. The molecule has 0 aromatic rings. The van der Waals surface area contributed by atoms with Crippen molar-refractivity contribution in [3.63, 3.8) is 0 Å².